The Labute approximate surface area is 86.2 Å². The Balaban J connectivity index is 2.88. The first-order valence-electron chi connectivity index (χ1n) is 4.36. The van der Waals surface area contributed by atoms with E-state index in [2.05, 4.69) is 0 Å². The summed E-state index contributed by atoms with van der Waals surface area (Å²) in [6, 6.07) is 11.9. The standard InChI is InChI=1S/C12H7NO2/c13-7-8-5-9-3-1-2-4-10(9)11(6-8)12(14)15/h1-6H,(H,14,15)/p-1. The van der Waals surface area contributed by atoms with E-state index >= 15 is 0 Å². The van der Waals surface area contributed by atoms with Crippen LogP contribution in [0, 0.1) is 11.3 Å². The summed E-state index contributed by atoms with van der Waals surface area (Å²) in [5, 5.41) is 20.9. The topological polar surface area (TPSA) is 63.9 Å². The second-order valence-electron chi connectivity index (χ2n) is 3.14. The minimum absolute atomic E-state index is 0.0599. The third kappa shape index (κ3) is 1.53. The van der Waals surface area contributed by atoms with E-state index in [4.69, 9.17) is 5.26 Å². The molecule has 0 amide bonds. The van der Waals surface area contributed by atoms with Crippen molar-refractivity contribution in [1.29, 1.82) is 5.26 Å². The normalized spacial score (nSPS) is 9.80. The van der Waals surface area contributed by atoms with Gasteiger partial charge in [0.2, 0.25) is 0 Å². The summed E-state index contributed by atoms with van der Waals surface area (Å²) in [6.07, 6.45) is 0. The zero-order valence-electron chi connectivity index (χ0n) is 7.73. The summed E-state index contributed by atoms with van der Waals surface area (Å²) < 4.78 is 0. The number of fused-ring (bicyclic) bond motifs is 1. The van der Waals surface area contributed by atoms with Gasteiger partial charge in [-0.3, -0.25) is 0 Å². The number of aromatic carboxylic acids is 1. The molecule has 0 heterocycles. The molecular formula is C12H6NO2-. The predicted molar refractivity (Wildman–Crippen MR) is 53.0 cm³/mol. The van der Waals surface area contributed by atoms with Gasteiger partial charge in [0, 0.05) is 5.56 Å². The minimum Gasteiger partial charge on any atom is -0.545 e. The van der Waals surface area contributed by atoms with Crippen molar-refractivity contribution in [2.45, 2.75) is 0 Å². The van der Waals surface area contributed by atoms with Gasteiger partial charge in [-0.15, -0.1) is 0 Å². The van der Waals surface area contributed by atoms with Crippen molar-refractivity contribution >= 4 is 16.7 Å². The van der Waals surface area contributed by atoms with Crippen LogP contribution < -0.4 is 5.11 Å². The Morgan fingerprint density at radius 2 is 2.00 bits per heavy atom. The summed E-state index contributed by atoms with van der Waals surface area (Å²) in [5.41, 5.74) is 0.387. The fourth-order valence-corrected chi connectivity index (χ4v) is 1.54. The molecule has 3 heteroatoms. The van der Waals surface area contributed by atoms with Crippen LogP contribution >= 0.6 is 0 Å². The van der Waals surface area contributed by atoms with Gasteiger partial charge in [0.1, 0.15) is 0 Å². The number of hydrogen-bond acceptors (Lipinski definition) is 3. The molecule has 0 aliphatic rings. The van der Waals surface area contributed by atoms with E-state index in [0.29, 0.717) is 10.9 Å². The van der Waals surface area contributed by atoms with Gasteiger partial charge in [-0.1, -0.05) is 24.3 Å². The van der Waals surface area contributed by atoms with E-state index in [9.17, 15) is 9.90 Å². The first-order chi connectivity index (χ1) is 7.22. The summed E-state index contributed by atoms with van der Waals surface area (Å²) >= 11 is 0. The van der Waals surface area contributed by atoms with Gasteiger partial charge >= 0.3 is 0 Å². The molecule has 0 unspecified atom stereocenters. The predicted octanol–water partition coefficient (Wildman–Crippen LogP) is 1.07. The molecule has 2 aromatic rings. The smallest absolute Gasteiger partial charge is 0.0992 e. The van der Waals surface area contributed by atoms with Gasteiger partial charge in [0.05, 0.1) is 17.6 Å². The second-order valence-corrected chi connectivity index (χ2v) is 3.14. The molecule has 0 saturated heterocycles. The highest BCUT2D eigenvalue weighted by molar-refractivity contribution is 6.03. The van der Waals surface area contributed by atoms with E-state index in [1.807, 2.05) is 6.07 Å². The fourth-order valence-electron chi connectivity index (χ4n) is 1.54. The lowest BCUT2D eigenvalue weighted by Gasteiger charge is -2.07. The SMILES string of the molecule is N#Cc1cc(C(=O)[O-])c2ccccc2c1. The molecule has 72 valence electrons. The monoisotopic (exact) mass is 196 g/mol. The van der Waals surface area contributed by atoms with Crippen molar-refractivity contribution in [1.82, 2.24) is 0 Å². The van der Waals surface area contributed by atoms with Crippen LogP contribution in [-0.4, -0.2) is 5.97 Å². The van der Waals surface area contributed by atoms with Crippen LogP contribution in [-0.2, 0) is 0 Å². The van der Waals surface area contributed by atoms with Crippen molar-refractivity contribution in [3.63, 3.8) is 0 Å². The van der Waals surface area contributed by atoms with Crippen LogP contribution in [0.15, 0.2) is 36.4 Å². The maximum atomic E-state index is 10.9. The molecule has 0 atom stereocenters. The first kappa shape index (κ1) is 9.22. The summed E-state index contributed by atoms with van der Waals surface area (Å²) in [6.45, 7) is 0. The lowest BCUT2D eigenvalue weighted by molar-refractivity contribution is -0.254. The van der Waals surface area contributed by atoms with Gasteiger partial charge in [-0.2, -0.15) is 5.26 Å². The number of carbonyl (C=O) groups is 1. The molecule has 15 heavy (non-hydrogen) atoms. The van der Waals surface area contributed by atoms with Crippen molar-refractivity contribution in [2.24, 2.45) is 0 Å². The number of carboxylic acid groups (broad SMARTS) is 1. The van der Waals surface area contributed by atoms with E-state index in [-0.39, 0.29) is 5.56 Å². The van der Waals surface area contributed by atoms with Crippen molar-refractivity contribution in [2.75, 3.05) is 0 Å². The molecule has 0 N–H and O–H groups in total. The van der Waals surface area contributed by atoms with Crippen molar-refractivity contribution in [3.05, 3.63) is 47.5 Å². The fraction of sp³-hybridized carbons (Fsp3) is 0. The number of hydrogen-bond donors (Lipinski definition) is 0. The molecule has 0 saturated carbocycles. The Morgan fingerprint density at radius 1 is 1.27 bits per heavy atom. The lowest BCUT2D eigenvalue weighted by atomic mass is 10.0. The Morgan fingerprint density at radius 3 is 2.67 bits per heavy atom. The number of carboxylic acids is 1. The third-order valence-corrected chi connectivity index (χ3v) is 2.21. The van der Waals surface area contributed by atoms with E-state index in [1.54, 1.807) is 30.3 Å². The van der Waals surface area contributed by atoms with Crippen LogP contribution in [0.25, 0.3) is 10.8 Å². The Hall–Kier alpha value is -2.34. The van der Waals surface area contributed by atoms with Crippen LogP contribution in [0.1, 0.15) is 15.9 Å². The molecule has 0 aromatic heterocycles. The van der Waals surface area contributed by atoms with Crippen molar-refractivity contribution in [3.8, 4) is 6.07 Å². The maximum absolute atomic E-state index is 10.9. The second kappa shape index (κ2) is 3.43. The average Bonchev–Trinajstić information content (AvgIpc) is 2.27. The molecule has 2 aromatic carbocycles. The number of benzene rings is 2. The quantitative estimate of drug-likeness (QED) is 0.685. The lowest BCUT2D eigenvalue weighted by Crippen LogP contribution is -2.22. The summed E-state index contributed by atoms with van der Waals surface area (Å²) in [4.78, 5) is 10.9. The number of rotatable bonds is 1. The van der Waals surface area contributed by atoms with E-state index in [0.717, 1.165) is 5.39 Å². The minimum atomic E-state index is -1.26. The number of nitrogens with zero attached hydrogens (tertiary/aromatic N) is 1. The van der Waals surface area contributed by atoms with Crippen LogP contribution in [0.4, 0.5) is 0 Å². The largest absolute Gasteiger partial charge is 0.545 e. The highest BCUT2D eigenvalue weighted by Gasteiger charge is 2.03. The number of carbonyl (C=O) groups excluding carboxylic acids is 1. The molecular weight excluding hydrogens is 190 g/mol. The molecule has 0 spiro atoms. The molecule has 2 rings (SSSR count). The first-order valence-corrected chi connectivity index (χ1v) is 4.36. The zero-order chi connectivity index (χ0) is 10.8. The van der Waals surface area contributed by atoms with Gasteiger partial charge in [0.15, 0.2) is 0 Å². The van der Waals surface area contributed by atoms with Crippen molar-refractivity contribution < 1.29 is 9.90 Å². The molecule has 0 radical (unpaired) electrons. The van der Waals surface area contributed by atoms with Crippen LogP contribution in [0.3, 0.4) is 0 Å². The average molecular weight is 196 g/mol. The highest BCUT2D eigenvalue weighted by Crippen LogP contribution is 2.20. The number of nitriles is 1. The van der Waals surface area contributed by atoms with Gasteiger partial charge in [0.25, 0.3) is 0 Å². The van der Waals surface area contributed by atoms with Gasteiger partial charge in [-0.05, 0) is 22.9 Å². The Kier molecular flexibility index (Phi) is 2.11. The summed E-state index contributed by atoms with van der Waals surface area (Å²) in [7, 11) is 0. The molecule has 0 aliphatic heterocycles. The Bertz CT molecular complexity index is 582. The van der Waals surface area contributed by atoms with Gasteiger partial charge in [-0.25, -0.2) is 0 Å². The molecule has 3 nitrogen and oxygen atoms in total. The third-order valence-electron chi connectivity index (χ3n) is 2.21. The molecule has 0 bridgehead atoms. The molecule has 0 fully saturated rings. The highest BCUT2D eigenvalue weighted by atomic mass is 16.4. The summed E-state index contributed by atoms with van der Waals surface area (Å²) in [5.74, 6) is -1.26. The zero-order valence-corrected chi connectivity index (χ0v) is 7.73. The van der Waals surface area contributed by atoms with Crippen LogP contribution in [0.5, 0.6) is 0 Å². The van der Waals surface area contributed by atoms with Crippen LogP contribution in [0.2, 0.25) is 0 Å². The van der Waals surface area contributed by atoms with E-state index < -0.39 is 5.97 Å². The van der Waals surface area contributed by atoms with E-state index in [1.165, 1.54) is 6.07 Å². The molecule has 0 aliphatic carbocycles. The maximum Gasteiger partial charge on any atom is 0.0992 e. The van der Waals surface area contributed by atoms with Gasteiger partial charge < -0.3 is 9.90 Å².